The van der Waals surface area contributed by atoms with Gasteiger partial charge in [0.25, 0.3) is 0 Å². The van der Waals surface area contributed by atoms with Crippen LogP contribution in [0.5, 0.6) is 0 Å². The second kappa shape index (κ2) is 9.88. The Bertz CT molecular complexity index is 1060. The predicted octanol–water partition coefficient (Wildman–Crippen LogP) is 5.63. The van der Waals surface area contributed by atoms with E-state index < -0.39 is 0 Å². The minimum atomic E-state index is -0.235. The average molecular weight is 421 g/mol. The third kappa shape index (κ3) is 5.58. The topological polar surface area (TPSA) is 57.3 Å². The first-order chi connectivity index (χ1) is 15.1. The molecule has 6 heteroatoms. The lowest BCUT2D eigenvalue weighted by Gasteiger charge is -2.26. The Hall–Kier alpha value is -2.99. The third-order valence-electron chi connectivity index (χ3n) is 5.80. The standard InChI is InChI=1S/C25H29FN4O/c1-18-16-20(9-10-23(18)26)29-25-22-17-21(8-7-19(22)11-12-27-25)28-24(31)6-5-15-30-13-3-2-4-14-30/h7-12,16-17H,2-6,13-15H2,1H3,(H,27,29)(H,28,31). The van der Waals surface area contributed by atoms with E-state index in [-0.39, 0.29) is 11.7 Å². The minimum Gasteiger partial charge on any atom is -0.340 e. The van der Waals surface area contributed by atoms with Gasteiger partial charge < -0.3 is 15.5 Å². The van der Waals surface area contributed by atoms with Gasteiger partial charge in [-0.2, -0.15) is 0 Å². The van der Waals surface area contributed by atoms with Gasteiger partial charge in [0.15, 0.2) is 0 Å². The van der Waals surface area contributed by atoms with Crippen molar-refractivity contribution >= 4 is 33.9 Å². The highest BCUT2D eigenvalue weighted by Gasteiger charge is 2.11. The normalized spacial score (nSPS) is 14.5. The highest BCUT2D eigenvalue weighted by molar-refractivity contribution is 5.98. The molecule has 2 aromatic carbocycles. The van der Waals surface area contributed by atoms with Crippen LogP contribution in [0.3, 0.4) is 0 Å². The molecule has 0 bridgehead atoms. The predicted molar refractivity (Wildman–Crippen MR) is 124 cm³/mol. The van der Waals surface area contributed by atoms with E-state index in [4.69, 9.17) is 0 Å². The number of fused-ring (bicyclic) bond motifs is 1. The van der Waals surface area contributed by atoms with Crippen molar-refractivity contribution < 1.29 is 9.18 Å². The van der Waals surface area contributed by atoms with Crippen molar-refractivity contribution in [2.75, 3.05) is 30.3 Å². The third-order valence-corrected chi connectivity index (χ3v) is 5.80. The summed E-state index contributed by atoms with van der Waals surface area (Å²) in [5, 5.41) is 8.20. The summed E-state index contributed by atoms with van der Waals surface area (Å²) >= 11 is 0. The largest absolute Gasteiger partial charge is 0.340 e. The molecule has 1 aromatic heterocycles. The van der Waals surface area contributed by atoms with Gasteiger partial charge in [-0.05, 0) is 93.2 Å². The Balaban J connectivity index is 1.42. The monoisotopic (exact) mass is 420 g/mol. The Labute approximate surface area is 182 Å². The fourth-order valence-corrected chi connectivity index (χ4v) is 4.07. The van der Waals surface area contributed by atoms with Gasteiger partial charge in [0, 0.05) is 29.4 Å². The molecule has 0 unspecified atom stereocenters. The van der Waals surface area contributed by atoms with E-state index in [9.17, 15) is 9.18 Å². The number of rotatable bonds is 7. The Morgan fingerprint density at radius 1 is 1.06 bits per heavy atom. The van der Waals surface area contributed by atoms with Gasteiger partial charge >= 0.3 is 0 Å². The molecule has 1 fully saturated rings. The van der Waals surface area contributed by atoms with Gasteiger partial charge in [0.1, 0.15) is 11.6 Å². The molecular formula is C25H29FN4O. The second-order valence-electron chi connectivity index (χ2n) is 8.24. The first-order valence-electron chi connectivity index (χ1n) is 11.0. The molecule has 2 heterocycles. The number of likely N-dealkylation sites (tertiary alicyclic amines) is 1. The van der Waals surface area contributed by atoms with Crippen LogP contribution in [0.1, 0.15) is 37.7 Å². The lowest BCUT2D eigenvalue weighted by Crippen LogP contribution is -2.31. The molecule has 2 N–H and O–H groups in total. The number of aromatic nitrogens is 1. The number of piperidine rings is 1. The number of hydrogen-bond donors (Lipinski definition) is 2. The van der Waals surface area contributed by atoms with E-state index in [1.165, 1.54) is 25.3 Å². The summed E-state index contributed by atoms with van der Waals surface area (Å²) in [6.45, 7) is 5.03. The molecule has 0 saturated carbocycles. The summed E-state index contributed by atoms with van der Waals surface area (Å²) in [4.78, 5) is 19.3. The number of nitrogens with one attached hydrogen (secondary N) is 2. The molecule has 1 amide bonds. The lowest BCUT2D eigenvalue weighted by atomic mass is 10.1. The van der Waals surface area contributed by atoms with Crippen LogP contribution in [-0.4, -0.2) is 35.4 Å². The summed E-state index contributed by atoms with van der Waals surface area (Å²) in [6, 6.07) is 12.6. The van der Waals surface area contributed by atoms with E-state index in [1.807, 2.05) is 24.3 Å². The molecule has 1 aliphatic rings. The van der Waals surface area contributed by atoms with E-state index in [0.29, 0.717) is 17.8 Å². The highest BCUT2D eigenvalue weighted by atomic mass is 19.1. The van der Waals surface area contributed by atoms with Crippen LogP contribution >= 0.6 is 0 Å². The second-order valence-corrected chi connectivity index (χ2v) is 8.24. The van der Waals surface area contributed by atoms with E-state index >= 15 is 0 Å². The number of benzene rings is 2. The van der Waals surface area contributed by atoms with E-state index in [1.54, 1.807) is 25.3 Å². The summed E-state index contributed by atoms with van der Waals surface area (Å²) in [5.74, 6) is 0.468. The zero-order chi connectivity index (χ0) is 21.6. The van der Waals surface area contributed by atoms with Gasteiger partial charge in [-0.15, -0.1) is 0 Å². The van der Waals surface area contributed by atoms with Crippen molar-refractivity contribution in [3.8, 4) is 0 Å². The Morgan fingerprint density at radius 2 is 1.87 bits per heavy atom. The molecule has 5 nitrogen and oxygen atoms in total. The summed E-state index contributed by atoms with van der Waals surface area (Å²) < 4.78 is 13.6. The maximum absolute atomic E-state index is 13.6. The number of amides is 1. The first-order valence-corrected chi connectivity index (χ1v) is 11.0. The fraction of sp³-hybridized carbons (Fsp3) is 0.360. The molecule has 1 aliphatic heterocycles. The number of aryl methyl sites for hydroxylation is 1. The summed E-state index contributed by atoms with van der Waals surface area (Å²) in [5.41, 5.74) is 2.09. The van der Waals surface area contributed by atoms with Crippen LogP contribution in [0.15, 0.2) is 48.7 Å². The summed E-state index contributed by atoms with van der Waals surface area (Å²) in [6.07, 6.45) is 6.99. The smallest absolute Gasteiger partial charge is 0.224 e. The van der Waals surface area contributed by atoms with Crippen LogP contribution in [0.25, 0.3) is 10.8 Å². The van der Waals surface area contributed by atoms with Crippen molar-refractivity contribution in [1.29, 1.82) is 0 Å². The van der Waals surface area contributed by atoms with Crippen molar-refractivity contribution in [2.45, 2.75) is 39.0 Å². The quantitative estimate of drug-likeness (QED) is 0.520. The molecule has 0 radical (unpaired) electrons. The van der Waals surface area contributed by atoms with Crippen LogP contribution in [0.2, 0.25) is 0 Å². The van der Waals surface area contributed by atoms with Gasteiger partial charge in [-0.25, -0.2) is 9.37 Å². The SMILES string of the molecule is Cc1cc(Nc2nccc3ccc(NC(=O)CCCN4CCCCC4)cc23)ccc1F. The molecule has 3 aromatic rings. The minimum absolute atomic E-state index is 0.0314. The molecule has 0 atom stereocenters. The van der Waals surface area contributed by atoms with Crippen LogP contribution in [-0.2, 0) is 4.79 Å². The Morgan fingerprint density at radius 3 is 2.68 bits per heavy atom. The van der Waals surface area contributed by atoms with Crippen molar-refractivity contribution in [3.63, 3.8) is 0 Å². The number of hydrogen-bond acceptors (Lipinski definition) is 4. The molecule has 0 aliphatic carbocycles. The molecule has 0 spiro atoms. The molecular weight excluding hydrogens is 391 g/mol. The van der Waals surface area contributed by atoms with E-state index in [0.717, 1.165) is 48.2 Å². The Kier molecular flexibility index (Phi) is 6.77. The van der Waals surface area contributed by atoms with E-state index in [2.05, 4.69) is 20.5 Å². The maximum atomic E-state index is 13.6. The van der Waals surface area contributed by atoms with Crippen molar-refractivity contribution in [3.05, 3.63) is 60.0 Å². The zero-order valence-electron chi connectivity index (χ0n) is 18.0. The van der Waals surface area contributed by atoms with Crippen LogP contribution in [0, 0.1) is 12.7 Å². The maximum Gasteiger partial charge on any atom is 0.224 e. The number of carbonyl (C=O) groups is 1. The molecule has 1 saturated heterocycles. The lowest BCUT2D eigenvalue weighted by molar-refractivity contribution is -0.116. The molecule has 162 valence electrons. The molecule has 4 rings (SSSR count). The number of halogens is 1. The fourth-order valence-electron chi connectivity index (χ4n) is 4.07. The van der Waals surface area contributed by atoms with Gasteiger partial charge in [-0.1, -0.05) is 12.5 Å². The molecule has 31 heavy (non-hydrogen) atoms. The first kappa shape index (κ1) is 21.2. The van der Waals surface area contributed by atoms with Crippen LogP contribution < -0.4 is 10.6 Å². The average Bonchev–Trinajstić information content (AvgIpc) is 2.77. The van der Waals surface area contributed by atoms with Gasteiger partial charge in [-0.3, -0.25) is 4.79 Å². The van der Waals surface area contributed by atoms with Gasteiger partial charge in [0.2, 0.25) is 5.91 Å². The highest BCUT2D eigenvalue weighted by Crippen LogP contribution is 2.28. The number of pyridine rings is 1. The zero-order valence-corrected chi connectivity index (χ0v) is 18.0. The van der Waals surface area contributed by atoms with Gasteiger partial charge in [0.05, 0.1) is 0 Å². The van der Waals surface area contributed by atoms with Crippen molar-refractivity contribution in [1.82, 2.24) is 9.88 Å². The van der Waals surface area contributed by atoms with Crippen LogP contribution in [0.4, 0.5) is 21.6 Å². The number of nitrogens with zero attached hydrogens (tertiary/aromatic N) is 2. The summed E-state index contributed by atoms with van der Waals surface area (Å²) in [7, 11) is 0. The number of anilines is 3. The number of carbonyl (C=O) groups excluding carboxylic acids is 1. The van der Waals surface area contributed by atoms with Crippen molar-refractivity contribution in [2.24, 2.45) is 0 Å².